The number of aromatic nitrogens is 2. The molecule has 0 aliphatic carbocycles. The number of likely N-dealkylation sites (tertiary alicyclic amines) is 1. The molecule has 3 aromatic rings. The Balaban J connectivity index is 1.32. The highest BCUT2D eigenvalue weighted by atomic mass is 16.5. The minimum absolute atomic E-state index is 0.0829. The molecule has 0 unspecified atom stereocenters. The number of amides is 1. The highest BCUT2D eigenvalue weighted by Crippen LogP contribution is 2.21. The van der Waals surface area contributed by atoms with Gasteiger partial charge in [0, 0.05) is 37.0 Å². The standard InChI is InChI=1S/C20H21N3O3/c1-14-6-7-16(13-21-14)25-15-8-10-23(11-9-15)20(24)12-18-17-4-2-3-5-19(17)26-22-18/h2-7,13,15H,8-12H2,1H3. The quantitative estimate of drug-likeness (QED) is 0.722. The molecule has 0 bridgehead atoms. The van der Waals surface area contributed by atoms with Gasteiger partial charge in [0.15, 0.2) is 5.58 Å². The van der Waals surface area contributed by atoms with Crippen LogP contribution in [0.4, 0.5) is 0 Å². The number of ether oxygens (including phenoxy) is 1. The van der Waals surface area contributed by atoms with Gasteiger partial charge in [-0.3, -0.25) is 9.78 Å². The Hall–Kier alpha value is -2.89. The van der Waals surface area contributed by atoms with Gasteiger partial charge in [-0.15, -0.1) is 0 Å². The number of aryl methyl sites for hydroxylation is 1. The number of benzene rings is 1. The number of nitrogens with zero attached hydrogens (tertiary/aromatic N) is 3. The van der Waals surface area contributed by atoms with Crippen molar-refractivity contribution in [3.63, 3.8) is 0 Å². The van der Waals surface area contributed by atoms with Crippen molar-refractivity contribution in [2.24, 2.45) is 0 Å². The third kappa shape index (κ3) is 3.54. The van der Waals surface area contributed by atoms with Gasteiger partial charge in [-0.05, 0) is 31.2 Å². The second kappa shape index (κ2) is 7.15. The molecule has 2 aromatic heterocycles. The topological polar surface area (TPSA) is 68.5 Å². The highest BCUT2D eigenvalue weighted by Gasteiger charge is 2.25. The van der Waals surface area contributed by atoms with Crippen molar-refractivity contribution in [2.45, 2.75) is 32.3 Å². The fraction of sp³-hybridized carbons (Fsp3) is 0.350. The third-order valence-electron chi connectivity index (χ3n) is 4.75. The van der Waals surface area contributed by atoms with Gasteiger partial charge in [0.2, 0.25) is 5.91 Å². The van der Waals surface area contributed by atoms with Crippen LogP contribution in [0.3, 0.4) is 0 Å². The summed E-state index contributed by atoms with van der Waals surface area (Å²) in [6, 6.07) is 11.5. The lowest BCUT2D eigenvalue weighted by Crippen LogP contribution is -2.42. The molecule has 6 heteroatoms. The van der Waals surface area contributed by atoms with E-state index >= 15 is 0 Å². The maximum Gasteiger partial charge on any atom is 0.228 e. The first kappa shape index (κ1) is 16.6. The van der Waals surface area contributed by atoms with E-state index in [4.69, 9.17) is 9.26 Å². The first-order chi connectivity index (χ1) is 12.7. The zero-order valence-electron chi connectivity index (χ0n) is 14.7. The lowest BCUT2D eigenvalue weighted by Gasteiger charge is -2.32. The van der Waals surface area contributed by atoms with Crippen molar-refractivity contribution in [3.05, 3.63) is 54.0 Å². The van der Waals surface area contributed by atoms with E-state index in [0.717, 1.165) is 29.7 Å². The summed E-state index contributed by atoms with van der Waals surface area (Å²) in [5.41, 5.74) is 2.39. The molecule has 26 heavy (non-hydrogen) atoms. The van der Waals surface area contributed by atoms with Gasteiger partial charge in [-0.1, -0.05) is 17.3 Å². The van der Waals surface area contributed by atoms with Crippen LogP contribution in [0.5, 0.6) is 5.75 Å². The largest absolute Gasteiger partial charge is 0.489 e. The average molecular weight is 351 g/mol. The minimum Gasteiger partial charge on any atom is -0.489 e. The molecule has 4 rings (SSSR count). The Morgan fingerprint density at radius 3 is 2.81 bits per heavy atom. The second-order valence-electron chi connectivity index (χ2n) is 6.64. The van der Waals surface area contributed by atoms with Crippen LogP contribution < -0.4 is 4.74 Å². The minimum atomic E-state index is 0.0829. The SMILES string of the molecule is Cc1ccc(OC2CCN(C(=O)Cc3noc4ccccc34)CC2)cn1. The first-order valence-electron chi connectivity index (χ1n) is 8.89. The smallest absolute Gasteiger partial charge is 0.228 e. The van der Waals surface area contributed by atoms with Crippen LogP contribution in [-0.4, -0.2) is 40.1 Å². The van der Waals surface area contributed by atoms with Crippen LogP contribution in [0.25, 0.3) is 11.0 Å². The molecule has 0 saturated carbocycles. The molecule has 0 radical (unpaired) electrons. The van der Waals surface area contributed by atoms with Crippen molar-refractivity contribution in [1.82, 2.24) is 15.0 Å². The number of pyridine rings is 1. The number of hydrogen-bond donors (Lipinski definition) is 0. The van der Waals surface area contributed by atoms with Crippen molar-refractivity contribution >= 4 is 16.9 Å². The van der Waals surface area contributed by atoms with Crippen LogP contribution in [0, 0.1) is 6.92 Å². The van der Waals surface area contributed by atoms with Gasteiger partial charge < -0.3 is 14.2 Å². The molecular weight excluding hydrogens is 330 g/mol. The van der Waals surface area contributed by atoms with Crippen LogP contribution >= 0.6 is 0 Å². The Kier molecular flexibility index (Phi) is 4.56. The zero-order chi connectivity index (χ0) is 17.9. The Morgan fingerprint density at radius 1 is 1.23 bits per heavy atom. The summed E-state index contributed by atoms with van der Waals surface area (Å²) in [5.74, 6) is 0.869. The lowest BCUT2D eigenvalue weighted by atomic mass is 10.1. The van der Waals surface area contributed by atoms with E-state index in [2.05, 4.69) is 10.1 Å². The van der Waals surface area contributed by atoms with Crippen LogP contribution in [0.2, 0.25) is 0 Å². The number of hydrogen-bond acceptors (Lipinski definition) is 5. The summed E-state index contributed by atoms with van der Waals surface area (Å²) >= 11 is 0. The van der Waals surface area contributed by atoms with Crippen LogP contribution in [0.1, 0.15) is 24.2 Å². The van der Waals surface area contributed by atoms with Gasteiger partial charge in [0.05, 0.1) is 12.6 Å². The van der Waals surface area contributed by atoms with Gasteiger partial charge in [-0.2, -0.15) is 0 Å². The molecule has 1 aliphatic rings. The van der Waals surface area contributed by atoms with E-state index in [1.807, 2.05) is 48.2 Å². The number of rotatable bonds is 4. The number of carbonyl (C=O) groups excluding carboxylic acids is 1. The molecule has 1 saturated heterocycles. The maximum absolute atomic E-state index is 12.6. The summed E-state index contributed by atoms with van der Waals surface area (Å²) in [4.78, 5) is 18.7. The zero-order valence-corrected chi connectivity index (χ0v) is 14.7. The number of para-hydroxylation sites is 1. The van der Waals surface area contributed by atoms with Gasteiger partial charge >= 0.3 is 0 Å². The van der Waals surface area contributed by atoms with Crippen molar-refractivity contribution in [3.8, 4) is 5.75 Å². The summed E-state index contributed by atoms with van der Waals surface area (Å²) in [6.45, 7) is 3.34. The van der Waals surface area contributed by atoms with E-state index in [1.54, 1.807) is 6.20 Å². The summed E-state index contributed by atoms with van der Waals surface area (Å²) in [6.07, 6.45) is 3.78. The van der Waals surface area contributed by atoms with Gasteiger partial charge in [0.1, 0.15) is 17.5 Å². The highest BCUT2D eigenvalue weighted by molar-refractivity contribution is 5.86. The summed E-state index contributed by atoms with van der Waals surface area (Å²) in [5, 5.41) is 4.96. The van der Waals surface area contributed by atoms with Crippen molar-refractivity contribution in [2.75, 3.05) is 13.1 Å². The lowest BCUT2D eigenvalue weighted by molar-refractivity contribution is -0.132. The second-order valence-corrected chi connectivity index (χ2v) is 6.64. The van der Waals surface area contributed by atoms with Gasteiger partial charge in [-0.25, -0.2) is 0 Å². The summed E-state index contributed by atoms with van der Waals surface area (Å²) in [7, 11) is 0. The van der Waals surface area contributed by atoms with Crippen LogP contribution in [0.15, 0.2) is 47.1 Å². The summed E-state index contributed by atoms with van der Waals surface area (Å²) < 4.78 is 11.3. The van der Waals surface area contributed by atoms with E-state index in [-0.39, 0.29) is 18.4 Å². The molecule has 1 fully saturated rings. The monoisotopic (exact) mass is 351 g/mol. The van der Waals surface area contributed by atoms with E-state index in [0.29, 0.717) is 24.4 Å². The Bertz CT molecular complexity index is 896. The first-order valence-corrected chi connectivity index (χ1v) is 8.89. The van der Waals surface area contributed by atoms with E-state index in [1.165, 1.54) is 0 Å². The molecule has 0 spiro atoms. The molecule has 1 amide bonds. The molecule has 0 N–H and O–H groups in total. The average Bonchev–Trinajstić information content (AvgIpc) is 3.07. The Morgan fingerprint density at radius 2 is 2.04 bits per heavy atom. The molecule has 1 aliphatic heterocycles. The maximum atomic E-state index is 12.6. The predicted molar refractivity (Wildman–Crippen MR) is 96.9 cm³/mol. The number of carbonyl (C=O) groups is 1. The Labute approximate surface area is 151 Å². The molecule has 1 aromatic carbocycles. The fourth-order valence-corrected chi connectivity index (χ4v) is 3.26. The van der Waals surface area contributed by atoms with Crippen molar-refractivity contribution in [1.29, 1.82) is 0 Å². The van der Waals surface area contributed by atoms with E-state index in [9.17, 15) is 4.79 Å². The van der Waals surface area contributed by atoms with Crippen LogP contribution in [-0.2, 0) is 11.2 Å². The van der Waals surface area contributed by atoms with Crippen molar-refractivity contribution < 1.29 is 14.1 Å². The normalized spacial score (nSPS) is 15.3. The third-order valence-corrected chi connectivity index (χ3v) is 4.75. The fourth-order valence-electron chi connectivity index (χ4n) is 3.26. The van der Waals surface area contributed by atoms with Gasteiger partial charge in [0.25, 0.3) is 0 Å². The number of piperidine rings is 1. The molecule has 3 heterocycles. The molecular formula is C20H21N3O3. The molecule has 6 nitrogen and oxygen atoms in total. The molecule has 0 atom stereocenters. The predicted octanol–water partition coefficient (Wildman–Crippen LogP) is 3.14. The number of fused-ring (bicyclic) bond motifs is 1. The van der Waals surface area contributed by atoms with E-state index < -0.39 is 0 Å². The molecule has 134 valence electrons.